The molecule has 120 valence electrons. The van der Waals surface area contributed by atoms with Gasteiger partial charge in [-0.15, -0.1) is 0 Å². The molecule has 0 aromatic heterocycles. The zero-order valence-electron chi connectivity index (χ0n) is 13.6. The van der Waals surface area contributed by atoms with Gasteiger partial charge in [0.05, 0.1) is 0 Å². The smallest absolute Gasteiger partial charge is 0.161 e. The molecule has 1 aromatic rings. The van der Waals surface area contributed by atoms with E-state index in [1.165, 1.54) is 0 Å². The summed E-state index contributed by atoms with van der Waals surface area (Å²) >= 11 is 0. The number of nitrogens with zero attached hydrogens (tertiary/aromatic N) is 1. The van der Waals surface area contributed by atoms with Gasteiger partial charge in [0.15, 0.2) is 11.5 Å². The van der Waals surface area contributed by atoms with Crippen LogP contribution in [-0.4, -0.2) is 40.5 Å². The molecule has 1 aromatic carbocycles. The fraction of sp³-hybridized carbons (Fsp3) is 0.611. The van der Waals surface area contributed by atoms with E-state index in [0.29, 0.717) is 24.8 Å². The van der Waals surface area contributed by atoms with Crippen molar-refractivity contribution in [1.82, 2.24) is 4.90 Å². The summed E-state index contributed by atoms with van der Waals surface area (Å²) in [6, 6.07) is 3.86. The standard InChI is InChI=1S/C18H25NO3/c1-4-5-13(20)9-18-10-19(3)14(11(18)2)8-12-6-7-15(21)17(22)16(12)18/h6-7,11,14,21-22H,4-5,8-10H2,1-3H3/t11-,14+,18+/m0/s1. The monoisotopic (exact) mass is 303 g/mol. The number of likely N-dealkylation sites (tertiary alicyclic amines) is 1. The summed E-state index contributed by atoms with van der Waals surface area (Å²) in [7, 11) is 2.09. The summed E-state index contributed by atoms with van der Waals surface area (Å²) in [5, 5.41) is 20.5. The second kappa shape index (κ2) is 5.27. The highest BCUT2D eigenvalue weighted by molar-refractivity contribution is 5.81. The van der Waals surface area contributed by atoms with Gasteiger partial charge in [0.25, 0.3) is 0 Å². The molecule has 4 nitrogen and oxygen atoms in total. The molecule has 2 aliphatic rings. The SMILES string of the molecule is CCCC(=O)C[C@]12CN(C)[C@H](Cc3ccc(O)c(O)c31)[C@@H]2C. The number of phenolic OH excluding ortho intramolecular Hbond substituents is 2. The van der Waals surface area contributed by atoms with Gasteiger partial charge in [-0.2, -0.15) is 0 Å². The van der Waals surface area contributed by atoms with Gasteiger partial charge < -0.3 is 15.1 Å². The first-order valence-electron chi connectivity index (χ1n) is 8.17. The largest absolute Gasteiger partial charge is 0.504 e. The molecule has 1 aliphatic heterocycles. The Hall–Kier alpha value is -1.55. The van der Waals surface area contributed by atoms with Crippen LogP contribution < -0.4 is 0 Å². The minimum atomic E-state index is -0.373. The second-order valence-corrected chi connectivity index (χ2v) is 7.06. The van der Waals surface area contributed by atoms with Crippen LogP contribution in [0.4, 0.5) is 0 Å². The summed E-state index contributed by atoms with van der Waals surface area (Å²) in [5.41, 5.74) is 1.51. The fourth-order valence-electron chi connectivity index (χ4n) is 4.69. The Bertz CT molecular complexity index is 613. The predicted molar refractivity (Wildman–Crippen MR) is 85.3 cm³/mol. The van der Waals surface area contributed by atoms with E-state index in [1.807, 2.05) is 13.0 Å². The summed E-state index contributed by atoms with van der Waals surface area (Å²) in [4.78, 5) is 14.7. The number of carbonyl (C=O) groups is 1. The van der Waals surface area contributed by atoms with Crippen molar-refractivity contribution in [2.75, 3.05) is 13.6 Å². The molecule has 22 heavy (non-hydrogen) atoms. The fourth-order valence-corrected chi connectivity index (χ4v) is 4.69. The lowest BCUT2D eigenvalue weighted by Crippen LogP contribution is -2.42. The van der Waals surface area contributed by atoms with Crippen LogP contribution >= 0.6 is 0 Å². The zero-order chi connectivity index (χ0) is 16.1. The number of phenols is 2. The Morgan fingerprint density at radius 1 is 1.41 bits per heavy atom. The van der Waals surface area contributed by atoms with Crippen molar-refractivity contribution in [3.8, 4) is 11.5 Å². The highest BCUT2D eigenvalue weighted by atomic mass is 16.3. The predicted octanol–water partition coefficient (Wildman–Crippen LogP) is 2.60. The van der Waals surface area contributed by atoms with E-state index in [0.717, 1.165) is 30.5 Å². The molecule has 1 heterocycles. The van der Waals surface area contributed by atoms with Crippen LogP contribution in [0.15, 0.2) is 12.1 Å². The first-order valence-corrected chi connectivity index (χ1v) is 8.17. The average molecular weight is 303 g/mol. The summed E-state index contributed by atoms with van der Waals surface area (Å²) in [5.74, 6) is 0.432. The van der Waals surface area contributed by atoms with Gasteiger partial charge >= 0.3 is 0 Å². The lowest BCUT2D eigenvalue weighted by Gasteiger charge is -2.40. The van der Waals surface area contributed by atoms with Crippen molar-refractivity contribution < 1.29 is 15.0 Å². The van der Waals surface area contributed by atoms with Crippen molar-refractivity contribution in [2.45, 2.75) is 51.0 Å². The van der Waals surface area contributed by atoms with Crippen LogP contribution in [0.1, 0.15) is 44.2 Å². The molecule has 2 N–H and O–H groups in total. The third-order valence-electron chi connectivity index (χ3n) is 5.76. The van der Waals surface area contributed by atoms with E-state index in [2.05, 4.69) is 18.9 Å². The van der Waals surface area contributed by atoms with Crippen molar-refractivity contribution in [3.63, 3.8) is 0 Å². The molecule has 3 atom stereocenters. The Morgan fingerprint density at radius 3 is 2.82 bits per heavy atom. The normalized spacial score (nSPS) is 30.3. The number of likely N-dealkylation sites (N-methyl/N-ethyl adjacent to an activating group) is 1. The summed E-state index contributed by atoms with van der Waals surface area (Å²) < 4.78 is 0. The van der Waals surface area contributed by atoms with Crippen LogP contribution in [0.3, 0.4) is 0 Å². The Morgan fingerprint density at radius 2 is 2.14 bits per heavy atom. The van der Waals surface area contributed by atoms with Gasteiger partial charge in [0.1, 0.15) is 5.78 Å². The quantitative estimate of drug-likeness (QED) is 0.839. The van der Waals surface area contributed by atoms with E-state index < -0.39 is 0 Å². The molecule has 0 unspecified atom stereocenters. The van der Waals surface area contributed by atoms with Crippen molar-refractivity contribution in [1.29, 1.82) is 0 Å². The van der Waals surface area contributed by atoms with Crippen LogP contribution in [0.5, 0.6) is 11.5 Å². The van der Waals surface area contributed by atoms with Crippen LogP contribution in [0.25, 0.3) is 0 Å². The molecule has 1 fully saturated rings. The number of hydrogen-bond donors (Lipinski definition) is 2. The Labute approximate surface area is 131 Å². The van der Waals surface area contributed by atoms with Gasteiger partial charge in [0, 0.05) is 36.4 Å². The number of benzene rings is 1. The lowest BCUT2D eigenvalue weighted by molar-refractivity contribution is -0.120. The van der Waals surface area contributed by atoms with E-state index in [9.17, 15) is 15.0 Å². The first-order chi connectivity index (χ1) is 10.4. The maximum Gasteiger partial charge on any atom is 0.161 e. The third kappa shape index (κ3) is 2.04. The molecule has 0 saturated carbocycles. The molecule has 2 bridgehead atoms. The van der Waals surface area contributed by atoms with Gasteiger partial charge in [-0.05, 0) is 37.4 Å². The van der Waals surface area contributed by atoms with Crippen LogP contribution in [0.2, 0.25) is 0 Å². The van der Waals surface area contributed by atoms with Gasteiger partial charge in [-0.1, -0.05) is 19.9 Å². The summed E-state index contributed by atoms with van der Waals surface area (Å²) in [6.07, 6.45) is 2.75. The molecule has 1 aliphatic carbocycles. The highest BCUT2D eigenvalue weighted by Gasteiger charge is 2.55. The van der Waals surface area contributed by atoms with Gasteiger partial charge in [-0.3, -0.25) is 4.79 Å². The molecular weight excluding hydrogens is 278 g/mol. The van der Waals surface area contributed by atoms with Crippen molar-refractivity contribution >= 4 is 5.78 Å². The number of ketones is 1. The third-order valence-corrected chi connectivity index (χ3v) is 5.76. The molecule has 3 rings (SSSR count). The summed E-state index contributed by atoms with van der Waals surface area (Å²) in [6.45, 7) is 4.96. The second-order valence-electron chi connectivity index (χ2n) is 7.06. The first kappa shape index (κ1) is 15.3. The molecule has 0 amide bonds. The minimum absolute atomic E-state index is 0.0256. The Balaban J connectivity index is 2.14. The van der Waals surface area contributed by atoms with Crippen molar-refractivity contribution in [2.24, 2.45) is 5.92 Å². The van der Waals surface area contributed by atoms with E-state index in [1.54, 1.807) is 6.07 Å². The number of carbonyl (C=O) groups excluding carboxylic acids is 1. The zero-order valence-corrected chi connectivity index (χ0v) is 13.6. The number of hydrogen-bond acceptors (Lipinski definition) is 4. The van der Waals surface area contributed by atoms with E-state index in [-0.39, 0.29) is 22.7 Å². The molecular formula is C18H25NO3. The highest BCUT2D eigenvalue weighted by Crippen LogP contribution is 2.55. The maximum absolute atomic E-state index is 12.4. The van der Waals surface area contributed by atoms with E-state index >= 15 is 0 Å². The number of Topliss-reactive ketones (excluding diaryl/α,β-unsaturated/α-hetero) is 1. The van der Waals surface area contributed by atoms with Gasteiger partial charge in [0.2, 0.25) is 0 Å². The lowest BCUT2D eigenvalue weighted by atomic mass is 9.62. The van der Waals surface area contributed by atoms with Crippen molar-refractivity contribution in [3.05, 3.63) is 23.3 Å². The number of rotatable bonds is 4. The van der Waals surface area contributed by atoms with Gasteiger partial charge in [-0.25, -0.2) is 0 Å². The maximum atomic E-state index is 12.4. The average Bonchev–Trinajstić information content (AvgIpc) is 2.61. The van der Waals surface area contributed by atoms with Crippen LogP contribution in [-0.2, 0) is 16.6 Å². The topological polar surface area (TPSA) is 60.8 Å². The minimum Gasteiger partial charge on any atom is -0.504 e. The Kier molecular flexibility index (Phi) is 3.68. The molecule has 4 heteroatoms. The number of fused-ring (bicyclic) bond motifs is 4. The van der Waals surface area contributed by atoms with E-state index in [4.69, 9.17) is 0 Å². The molecule has 0 radical (unpaired) electrons. The number of aromatic hydroxyl groups is 2. The molecule has 0 spiro atoms. The molecule has 1 saturated heterocycles. The van der Waals surface area contributed by atoms with Crippen LogP contribution in [0, 0.1) is 5.92 Å².